The Morgan fingerprint density at radius 2 is 1.89 bits per heavy atom. The highest BCUT2D eigenvalue weighted by atomic mass is 35.5. The molecule has 3 nitrogen and oxygen atoms in total. The Labute approximate surface area is 115 Å². The second-order valence-electron chi connectivity index (χ2n) is 4.51. The van der Waals surface area contributed by atoms with E-state index in [1.54, 1.807) is 12.1 Å². The topological polar surface area (TPSA) is 43.4 Å². The van der Waals surface area contributed by atoms with Crippen molar-refractivity contribution in [3.05, 3.63) is 29.8 Å². The summed E-state index contributed by atoms with van der Waals surface area (Å²) in [5.74, 6) is 0.166. The van der Waals surface area contributed by atoms with Crippen molar-refractivity contribution >= 4 is 21.4 Å². The Morgan fingerprint density at radius 3 is 2.37 bits per heavy atom. The van der Waals surface area contributed by atoms with Crippen molar-refractivity contribution in [3.8, 4) is 5.75 Å². The Kier molecular flexibility index (Phi) is 4.30. The second kappa shape index (κ2) is 5.63. The van der Waals surface area contributed by atoms with Gasteiger partial charge in [0.05, 0.1) is 16.9 Å². The molecule has 2 unspecified atom stereocenters. The molecule has 19 heavy (non-hydrogen) atoms. The number of hydrogen-bond donors (Lipinski definition) is 0. The molecule has 1 aromatic rings. The molecule has 1 saturated heterocycles. The Bertz CT molecular complexity index is 530. The predicted molar refractivity (Wildman–Crippen MR) is 68.4 cm³/mol. The molecule has 0 aliphatic carbocycles. The molecule has 1 aromatic carbocycles. The average Bonchev–Trinajstić information content (AvgIpc) is 2.69. The molecular weight excluding hydrogens is 298 g/mol. The first-order valence-electron chi connectivity index (χ1n) is 5.77. The molecule has 2 rings (SSSR count). The average molecular weight is 311 g/mol. The van der Waals surface area contributed by atoms with E-state index in [4.69, 9.17) is 11.6 Å². The molecule has 0 spiro atoms. The maximum Gasteiger partial charge on any atom is 0.387 e. The molecule has 0 bridgehead atoms. The third-order valence-electron chi connectivity index (χ3n) is 3.11. The van der Waals surface area contributed by atoms with Gasteiger partial charge in [0.2, 0.25) is 0 Å². The van der Waals surface area contributed by atoms with Crippen LogP contribution in [0.5, 0.6) is 5.75 Å². The minimum Gasteiger partial charge on any atom is -0.435 e. The first kappa shape index (κ1) is 14.5. The Hall–Kier alpha value is -0.880. The van der Waals surface area contributed by atoms with Crippen molar-refractivity contribution in [2.24, 2.45) is 5.92 Å². The molecule has 1 fully saturated rings. The van der Waals surface area contributed by atoms with Crippen LogP contribution in [0.25, 0.3) is 0 Å². The molecule has 1 heterocycles. The van der Waals surface area contributed by atoms with Gasteiger partial charge in [-0.15, -0.1) is 11.6 Å². The minimum absolute atomic E-state index is 0.0571. The molecule has 0 N–H and O–H groups in total. The maximum absolute atomic E-state index is 12.0. The van der Waals surface area contributed by atoms with Crippen molar-refractivity contribution in [2.45, 2.75) is 18.4 Å². The van der Waals surface area contributed by atoms with E-state index in [0.29, 0.717) is 12.0 Å². The zero-order valence-electron chi connectivity index (χ0n) is 9.93. The van der Waals surface area contributed by atoms with E-state index >= 15 is 0 Å². The fourth-order valence-electron chi connectivity index (χ4n) is 2.16. The van der Waals surface area contributed by atoms with Gasteiger partial charge in [-0.2, -0.15) is 8.78 Å². The zero-order valence-corrected chi connectivity index (χ0v) is 11.5. The van der Waals surface area contributed by atoms with Gasteiger partial charge in [0.1, 0.15) is 5.75 Å². The Morgan fingerprint density at radius 1 is 1.26 bits per heavy atom. The molecular formula is C12H13ClF2O3S. The van der Waals surface area contributed by atoms with Crippen LogP contribution in [-0.2, 0) is 9.84 Å². The van der Waals surface area contributed by atoms with Crippen LogP contribution in [0.15, 0.2) is 24.3 Å². The molecule has 0 aromatic heterocycles. The summed E-state index contributed by atoms with van der Waals surface area (Å²) in [6.07, 6.45) is 0.534. The molecule has 0 radical (unpaired) electrons. The molecule has 0 amide bonds. The highest BCUT2D eigenvalue weighted by molar-refractivity contribution is 7.91. The van der Waals surface area contributed by atoms with E-state index in [0.717, 1.165) is 0 Å². The van der Waals surface area contributed by atoms with E-state index in [1.165, 1.54) is 12.1 Å². The first-order valence-corrected chi connectivity index (χ1v) is 8.02. The number of sulfone groups is 1. The summed E-state index contributed by atoms with van der Waals surface area (Å²) < 4.78 is 51.0. The van der Waals surface area contributed by atoms with Crippen LogP contribution in [0.2, 0.25) is 0 Å². The summed E-state index contributed by atoms with van der Waals surface area (Å²) in [5.41, 5.74) is 0.713. The van der Waals surface area contributed by atoms with Crippen molar-refractivity contribution in [3.63, 3.8) is 0 Å². The number of alkyl halides is 3. The van der Waals surface area contributed by atoms with Crippen LogP contribution < -0.4 is 4.74 Å². The van der Waals surface area contributed by atoms with E-state index < -0.39 is 21.8 Å². The van der Waals surface area contributed by atoms with Crippen LogP contribution in [0.1, 0.15) is 17.4 Å². The van der Waals surface area contributed by atoms with Crippen molar-refractivity contribution in [2.75, 3.05) is 11.5 Å². The van der Waals surface area contributed by atoms with Crippen molar-refractivity contribution in [1.29, 1.82) is 0 Å². The summed E-state index contributed by atoms with van der Waals surface area (Å²) in [4.78, 5) is 0. The van der Waals surface area contributed by atoms with Gasteiger partial charge >= 0.3 is 6.61 Å². The van der Waals surface area contributed by atoms with Gasteiger partial charge in [-0.25, -0.2) is 8.42 Å². The van der Waals surface area contributed by atoms with Gasteiger partial charge in [-0.3, -0.25) is 0 Å². The number of ether oxygens (including phenoxy) is 1. The summed E-state index contributed by atoms with van der Waals surface area (Å²) in [7, 11) is -2.98. The fourth-order valence-corrected chi connectivity index (χ4v) is 4.47. The highest BCUT2D eigenvalue weighted by Gasteiger charge is 2.33. The summed E-state index contributed by atoms with van der Waals surface area (Å²) >= 11 is 6.24. The molecule has 1 aliphatic rings. The van der Waals surface area contributed by atoms with Crippen LogP contribution in [0.4, 0.5) is 8.78 Å². The molecule has 1 aliphatic heterocycles. The normalized spacial score (nSPS) is 23.5. The smallest absolute Gasteiger partial charge is 0.387 e. The first-order chi connectivity index (χ1) is 8.87. The van der Waals surface area contributed by atoms with Gasteiger partial charge in [0, 0.05) is 0 Å². The van der Waals surface area contributed by atoms with Gasteiger partial charge in [-0.1, -0.05) is 12.1 Å². The lowest BCUT2D eigenvalue weighted by molar-refractivity contribution is -0.0498. The van der Waals surface area contributed by atoms with Gasteiger partial charge in [0.15, 0.2) is 9.84 Å². The lowest BCUT2D eigenvalue weighted by Crippen LogP contribution is -2.10. The summed E-state index contributed by atoms with van der Waals surface area (Å²) in [6, 6.07) is 5.97. The highest BCUT2D eigenvalue weighted by Crippen LogP contribution is 2.36. The second-order valence-corrected chi connectivity index (χ2v) is 7.21. The largest absolute Gasteiger partial charge is 0.435 e. The lowest BCUT2D eigenvalue weighted by Gasteiger charge is -2.16. The maximum atomic E-state index is 12.0. The van der Waals surface area contributed by atoms with Gasteiger partial charge in [0.25, 0.3) is 0 Å². The lowest BCUT2D eigenvalue weighted by atomic mass is 9.98. The third-order valence-corrected chi connectivity index (χ3v) is 5.51. The standard InChI is InChI=1S/C12H13ClF2O3S/c13-11(9-5-6-19(16,17)7-9)8-1-3-10(4-2-8)18-12(14)15/h1-4,9,11-12H,5-7H2. The predicted octanol–water partition coefficient (Wildman–Crippen LogP) is 3.00. The van der Waals surface area contributed by atoms with Gasteiger partial charge < -0.3 is 4.74 Å². The molecule has 2 atom stereocenters. The Balaban J connectivity index is 2.06. The number of benzene rings is 1. The fraction of sp³-hybridized carbons (Fsp3) is 0.500. The minimum atomic E-state index is -2.98. The number of rotatable bonds is 4. The van der Waals surface area contributed by atoms with E-state index in [1.807, 2.05) is 0 Å². The quantitative estimate of drug-likeness (QED) is 0.803. The van der Waals surface area contributed by atoms with E-state index in [9.17, 15) is 17.2 Å². The van der Waals surface area contributed by atoms with Crippen LogP contribution in [0, 0.1) is 5.92 Å². The van der Waals surface area contributed by atoms with Gasteiger partial charge in [-0.05, 0) is 30.0 Å². The van der Waals surface area contributed by atoms with Crippen molar-refractivity contribution in [1.82, 2.24) is 0 Å². The van der Waals surface area contributed by atoms with Crippen molar-refractivity contribution < 1.29 is 21.9 Å². The molecule has 0 saturated carbocycles. The van der Waals surface area contributed by atoms with Crippen LogP contribution in [-0.4, -0.2) is 26.5 Å². The van der Waals surface area contributed by atoms with Crippen LogP contribution >= 0.6 is 11.6 Å². The summed E-state index contributed by atoms with van der Waals surface area (Å²) in [6.45, 7) is -2.86. The van der Waals surface area contributed by atoms with E-state index in [2.05, 4.69) is 4.74 Å². The molecule has 106 valence electrons. The number of hydrogen-bond acceptors (Lipinski definition) is 3. The van der Waals surface area contributed by atoms with E-state index in [-0.39, 0.29) is 23.2 Å². The summed E-state index contributed by atoms with van der Waals surface area (Å²) in [5, 5.41) is -0.433. The SMILES string of the molecule is O=S1(=O)CCC(C(Cl)c2ccc(OC(F)F)cc2)C1. The monoisotopic (exact) mass is 310 g/mol. The third kappa shape index (κ3) is 3.79. The van der Waals surface area contributed by atoms with Crippen LogP contribution in [0.3, 0.4) is 0 Å². The molecule has 7 heteroatoms. The zero-order chi connectivity index (χ0) is 14.0. The number of halogens is 3.